The van der Waals surface area contributed by atoms with E-state index in [9.17, 15) is 9.18 Å². The van der Waals surface area contributed by atoms with Gasteiger partial charge in [0.15, 0.2) is 0 Å². The zero-order valence-electron chi connectivity index (χ0n) is 14.0. The zero-order valence-corrected chi connectivity index (χ0v) is 15.6. The SMILES string of the molecule is O=C(CCc1ccc(Cl)s1)NC1CCN(Cc2ccc(F)cc2)CC1. The monoisotopic (exact) mass is 380 g/mol. The first-order chi connectivity index (χ1) is 12.1. The second kappa shape index (κ2) is 8.79. The second-order valence-electron chi connectivity index (χ2n) is 6.45. The summed E-state index contributed by atoms with van der Waals surface area (Å²) in [7, 11) is 0. The standard InChI is InChI=1S/C19H22ClFN2OS/c20-18-7-5-17(25-18)6-8-19(24)22-16-9-11-23(12-10-16)13-14-1-3-15(21)4-2-14/h1-5,7,16H,6,8-13H2,(H,22,24). The number of rotatable bonds is 6. The first-order valence-corrected chi connectivity index (χ1v) is 9.78. The summed E-state index contributed by atoms with van der Waals surface area (Å²) in [5.41, 5.74) is 1.12. The molecule has 1 saturated heterocycles. The molecule has 1 aliphatic rings. The van der Waals surface area contributed by atoms with E-state index >= 15 is 0 Å². The van der Waals surface area contributed by atoms with Gasteiger partial charge in [0.05, 0.1) is 4.34 Å². The average Bonchev–Trinajstić information content (AvgIpc) is 3.02. The van der Waals surface area contributed by atoms with Crippen molar-refractivity contribution >= 4 is 28.8 Å². The number of carbonyl (C=O) groups excluding carboxylic acids is 1. The van der Waals surface area contributed by atoms with Crippen LogP contribution in [0.25, 0.3) is 0 Å². The first kappa shape index (κ1) is 18.4. The van der Waals surface area contributed by atoms with Gasteiger partial charge in [-0.15, -0.1) is 11.3 Å². The van der Waals surface area contributed by atoms with E-state index in [1.54, 1.807) is 0 Å². The Bertz CT molecular complexity index is 696. The van der Waals surface area contributed by atoms with Gasteiger partial charge >= 0.3 is 0 Å². The van der Waals surface area contributed by atoms with Crippen LogP contribution in [0.4, 0.5) is 4.39 Å². The molecule has 0 saturated carbocycles. The van der Waals surface area contributed by atoms with Crippen LogP contribution in [0.2, 0.25) is 4.34 Å². The van der Waals surface area contributed by atoms with Gasteiger partial charge in [0.25, 0.3) is 0 Å². The smallest absolute Gasteiger partial charge is 0.220 e. The fraction of sp³-hybridized carbons (Fsp3) is 0.421. The van der Waals surface area contributed by atoms with Gasteiger partial charge in [-0.05, 0) is 49.1 Å². The fourth-order valence-electron chi connectivity index (χ4n) is 3.11. The molecule has 0 radical (unpaired) electrons. The van der Waals surface area contributed by atoms with Crippen LogP contribution in [0.1, 0.15) is 29.7 Å². The summed E-state index contributed by atoms with van der Waals surface area (Å²) in [5.74, 6) is -0.0866. The Morgan fingerprint density at radius 2 is 1.92 bits per heavy atom. The lowest BCUT2D eigenvalue weighted by molar-refractivity contribution is -0.122. The molecule has 3 nitrogen and oxygen atoms in total. The van der Waals surface area contributed by atoms with Crippen molar-refractivity contribution in [3.63, 3.8) is 0 Å². The van der Waals surface area contributed by atoms with E-state index in [1.807, 2.05) is 24.3 Å². The Balaban J connectivity index is 1.37. The summed E-state index contributed by atoms with van der Waals surface area (Å²) < 4.78 is 13.7. The fourth-order valence-corrected chi connectivity index (χ4v) is 4.19. The van der Waals surface area contributed by atoms with E-state index in [0.717, 1.165) is 53.7 Å². The Kier molecular flexibility index (Phi) is 6.45. The highest BCUT2D eigenvalue weighted by Gasteiger charge is 2.20. The van der Waals surface area contributed by atoms with Crippen molar-refractivity contribution in [3.05, 3.63) is 57.0 Å². The number of piperidine rings is 1. The van der Waals surface area contributed by atoms with Gasteiger partial charge in [-0.2, -0.15) is 0 Å². The molecular weight excluding hydrogens is 359 g/mol. The number of carbonyl (C=O) groups is 1. The largest absolute Gasteiger partial charge is 0.353 e. The summed E-state index contributed by atoms with van der Waals surface area (Å²) in [6.45, 7) is 2.73. The minimum absolute atomic E-state index is 0.113. The number of likely N-dealkylation sites (tertiary alicyclic amines) is 1. The number of thiophene rings is 1. The van der Waals surface area contributed by atoms with Crippen LogP contribution >= 0.6 is 22.9 Å². The van der Waals surface area contributed by atoms with Crippen LogP contribution < -0.4 is 5.32 Å². The molecule has 1 aromatic carbocycles. The summed E-state index contributed by atoms with van der Waals surface area (Å²) in [6, 6.07) is 10.8. The van der Waals surface area contributed by atoms with E-state index in [2.05, 4.69) is 10.2 Å². The highest BCUT2D eigenvalue weighted by Crippen LogP contribution is 2.22. The lowest BCUT2D eigenvalue weighted by atomic mass is 10.0. The lowest BCUT2D eigenvalue weighted by Crippen LogP contribution is -2.44. The molecule has 0 spiro atoms. The number of nitrogens with one attached hydrogen (secondary N) is 1. The van der Waals surface area contributed by atoms with Crippen LogP contribution in [0.15, 0.2) is 36.4 Å². The van der Waals surface area contributed by atoms with Gasteiger partial charge in [-0.1, -0.05) is 23.7 Å². The average molecular weight is 381 g/mol. The van der Waals surface area contributed by atoms with Crippen LogP contribution in [0, 0.1) is 5.82 Å². The Labute approximate surface area is 156 Å². The molecule has 0 atom stereocenters. The predicted octanol–water partition coefficient (Wildman–Crippen LogP) is 4.25. The molecule has 1 amide bonds. The molecule has 1 aromatic heterocycles. The summed E-state index contributed by atoms with van der Waals surface area (Å²) in [4.78, 5) is 15.6. The topological polar surface area (TPSA) is 32.3 Å². The van der Waals surface area contributed by atoms with Crippen molar-refractivity contribution in [2.75, 3.05) is 13.1 Å². The normalized spacial score (nSPS) is 16.1. The van der Waals surface area contributed by atoms with Gasteiger partial charge in [0.1, 0.15) is 5.82 Å². The number of nitrogens with zero attached hydrogens (tertiary/aromatic N) is 1. The van der Waals surface area contributed by atoms with Crippen LogP contribution in [-0.2, 0) is 17.8 Å². The number of hydrogen-bond donors (Lipinski definition) is 1. The van der Waals surface area contributed by atoms with E-state index in [4.69, 9.17) is 11.6 Å². The summed E-state index contributed by atoms with van der Waals surface area (Å²) in [5, 5.41) is 3.14. The van der Waals surface area contributed by atoms with Crippen molar-refractivity contribution in [2.24, 2.45) is 0 Å². The Morgan fingerprint density at radius 3 is 2.56 bits per heavy atom. The van der Waals surface area contributed by atoms with Crippen molar-refractivity contribution < 1.29 is 9.18 Å². The molecule has 2 heterocycles. The molecule has 1 aliphatic heterocycles. The van der Waals surface area contributed by atoms with Crippen LogP contribution in [0.5, 0.6) is 0 Å². The van der Waals surface area contributed by atoms with Gasteiger partial charge in [0.2, 0.25) is 5.91 Å². The molecule has 134 valence electrons. The highest BCUT2D eigenvalue weighted by atomic mass is 35.5. The minimum atomic E-state index is -0.199. The quantitative estimate of drug-likeness (QED) is 0.812. The molecule has 0 bridgehead atoms. The molecule has 0 aliphatic carbocycles. The third-order valence-corrected chi connectivity index (χ3v) is 5.79. The number of aryl methyl sites for hydroxylation is 1. The van der Waals surface area contributed by atoms with Crippen molar-refractivity contribution in [1.82, 2.24) is 10.2 Å². The van der Waals surface area contributed by atoms with Gasteiger partial charge in [-0.25, -0.2) is 4.39 Å². The molecule has 1 fully saturated rings. The van der Waals surface area contributed by atoms with E-state index in [0.29, 0.717) is 6.42 Å². The molecule has 25 heavy (non-hydrogen) atoms. The van der Waals surface area contributed by atoms with E-state index < -0.39 is 0 Å². The van der Waals surface area contributed by atoms with E-state index in [1.165, 1.54) is 23.5 Å². The van der Waals surface area contributed by atoms with Gasteiger partial charge in [-0.3, -0.25) is 9.69 Å². The second-order valence-corrected chi connectivity index (χ2v) is 8.25. The zero-order chi connectivity index (χ0) is 17.6. The summed E-state index contributed by atoms with van der Waals surface area (Å²) >= 11 is 7.44. The predicted molar refractivity (Wildman–Crippen MR) is 100 cm³/mol. The maximum absolute atomic E-state index is 13.0. The third-order valence-electron chi connectivity index (χ3n) is 4.50. The number of halogens is 2. The first-order valence-electron chi connectivity index (χ1n) is 8.59. The molecular formula is C19H22ClFN2OS. The van der Waals surface area contributed by atoms with Crippen molar-refractivity contribution in [2.45, 2.75) is 38.3 Å². The van der Waals surface area contributed by atoms with Crippen LogP contribution in [0.3, 0.4) is 0 Å². The molecule has 6 heteroatoms. The number of hydrogen-bond acceptors (Lipinski definition) is 3. The number of benzene rings is 1. The highest BCUT2D eigenvalue weighted by molar-refractivity contribution is 7.16. The summed E-state index contributed by atoms with van der Waals surface area (Å²) in [6.07, 6.45) is 3.16. The van der Waals surface area contributed by atoms with Crippen molar-refractivity contribution in [1.29, 1.82) is 0 Å². The maximum atomic E-state index is 13.0. The van der Waals surface area contributed by atoms with Gasteiger partial charge < -0.3 is 5.32 Å². The Hall–Kier alpha value is -1.43. The maximum Gasteiger partial charge on any atom is 0.220 e. The molecule has 2 aromatic rings. The lowest BCUT2D eigenvalue weighted by Gasteiger charge is -2.32. The third kappa shape index (κ3) is 5.80. The Morgan fingerprint density at radius 1 is 1.20 bits per heavy atom. The molecule has 1 N–H and O–H groups in total. The molecule has 3 rings (SSSR count). The number of amides is 1. The van der Waals surface area contributed by atoms with E-state index in [-0.39, 0.29) is 17.8 Å². The van der Waals surface area contributed by atoms with Crippen LogP contribution in [-0.4, -0.2) is 29.9 Å². The minimum Gasteiger partial charge on any atom is -0.353 e. The van der Waals surface area contributed by atoms with Gasteiger partial charge in [0, 0.05) is 37.0 Å². The molecule has 0 unspecified atom stereocenters. The van der Waals surface area contributed by atoms with Crippen molar-refractivity contribution in [3.8, 4) is 0 Å².